The van der Waals surface area contributed by atoms with Crippen LogP contribution >= 0.6 is 35.1 Å². The SMILES string of the molecule is COC(=O)Cc1csc2nc(-c3cccs3)nc(NN3C(=O)C=C(C)C3=O)c12.Cl. The highest BCUT2D eigenvalue weighted by atomic mass is 35.5. The number of ether oxygens (including phenoxy) is 1. The standard InChI is InChI=1S/C18H14N4O4S2.ClH/c1-9-6-12(23)22(18(9)25)21-16-14-10(7-13(24)26-2)8-28-17(14)20-15(19-16)11-4-3-5-27-11;/h3-6,8H,7H2,1-2H3,(H,19,20,21);1H. The molecule has 0 unspecified atom stereocenters. The molecule has 3 aromatic heterocycles. The predicted octanol–water partition coefficient (Wildman–Crippen LogP) is 3.20. The van der Waals surface area contributed by atoms with E-state index in [1.165, 1.54) is 35.9 Å². The number of aromatic nitrogens is 2. The molecule has 0 fully saturated rings. The first kappa shape index (κ1) is 20.9. The Hall–Kier alpha value is -2.82. The largest absolute Gasteiger partial charge is 0.469 e. The van der Waals surface area contributed by atoms with E-state index in [1.807, 2.05) is 17.5 Å². The van der Waals surface area contributed by atoms with E-state index in [4.69, 9.17) is 4.74 Å². The summed E-state index contributed by atoms with van der Waals surface area (Å²) in [7, 11) is 1.32. The van der Waals surface area contributed by atoms with Crippen LogP contribution in [0.4, 0.5) is 5.82 Å². The Kier molecular flexibility index (Phi) is 5.96. The molecule has 150 valence electrons. The fourth-order valence-corrected chi connectivity index (χ4v) is 4.35. The summed E-state index contributed by atoms with van der Waals surface area (Å²) in [6.07, 6.45) is 1.29. The molecule has 0 aliphatic carbocycles. The highest BCUT2D eigenvalue weighted by molar-refractivity contribution is 7.17. The number of hydrogen-bond acceptors (Lipinski definition) is 9. The van der Waals surface area contributed by atoms with Crippen molar-refractivity contribution < 1.29 is 19.1 Å². The molecule has 0 saturated heterocycles. The second kappa shape index (κ2) is 8.27. The number of thiophene rings is 2. The molecule has 0 atom stereocenters. The van der Waals surface area contributed by atoms with Gasteiger partial charge < -0.3 is 4.74 Å². The smallest absolute Gasteiger partial charge is 0.310 e. The van der Waals surface area contributed by atoms with Gasteiger partial charge >= 0.3 is 5.97 Å². The van der Waals surface area contributed by atoms with Gasteiger partial charge in [-0.25, -0.2) is 9.97 Å². The first-order valence-corrected chi connectivity index (χ1v) is 9.96. The number of amides is 2. The lowest BCUT2D eigenvalue weighted by Gasteiger charge is -2.17. The van der Waals surface area contributed by atoms with Gasteiger partial charge in [0.1, 0.15) is 4.83 Å². The number of esters is 1. The molecule has 1 aliphatic heterocycles. The number of carbonyl (C=O) groups excluding carboxylic acids is 3. The molecule has 1 aliphatic rings. The minimum absolute atomic E-state index is 0. The number of fused-ring (bicyclic) bond motifs is 1. The maximum atomic E-state index is 12.3. The zero-order chi connectivity index (χ0) is 19.8. The van der Waals surface area contributed by atoms with E-state index >= 15 is 0 Å². The van der Waals surface area contributed by atoms with Gasteiger partial charge in [-0.15, -0.1) is 35.1 Å². The zero-order valence-corrected chi connectivity index (χ0v) is 17.7. The molecule has 0 radical (unpaired) electrons. The van der Waals surface area contributed by atoms with E-state index < -0.39 is 17.8 Å². The van der Waals surface area contributed by atoms with Crippen LogP contribution in [0, 0.1) is 0 Å². The lowest BCUT2D eigenvalue weighted by atomic mass is 10.1. The van der Waals surface area contributed by atoms with Gasteiger partial charge in [-0.1, -0.05) is 6.07 Å². The second-order valence-electron chi connectivity index (χ2n) is 5.99. The summed E-state index contributed by atoms with van der Waals surface area (Å²) < 4.78 is 4.76. The molecular weight excluding hydrogens is 436 g/mol. The van der Waals surface area contributed by atoms with Gasteiger partial charge in [-0.2, -0.15) is 5.01 Å². The van der Waals surface area contributed by atoms with Gasteiger partial charge in [-0.3, -0.25) is 19.8 Å². The van der Waals surface area contributed by atoms with Crippen LogP contribution in [0.25, 0.3) is 20.9 Å². The summed E-state index contributed by atoms with van der Waals surface area (Å²) in [5, 5.41) is 5.21. The maximum Gasteiger partial charge on any atom is 0.310 e. The lowest BCUT2D eigenvalue weighted by molar-refractivity contribution is -0.140. The third kappa shape index (κ3) is 3.86. The highest BCUT2D eigenvalue weighted by Gasteiger charge is 2.30. The molecule has 0 spiro atoms. The summed E-state index contributed by atoms with van der Waals surface area (Å²) in [6, 6.07) is 3.77. The van der Waals surface area contributed by atoms with E-state index in [0.717, 1.165) is 9.89 Å². The van der Waals surface area contributed by atoms with Crippen molar-refractivity contribution >= 4 is 68.9 Å². The van der Waals surface area contributed by atoms with Crippen LogP contribution in [0.3, 0.4) is 0 Å². The number of nitrogens with zero attached hydrogens (tertiary/aromatic N) is 3. The summed E-state index contributed by atoms with van der Waals surface area (Å²) in [5.41, 5.74) is 3.82. The number of carbonyl (C=O) groups is 3. The average Bonchev–Trinajstić information content (AvgIpc) is 3.39. The third-order valence-electron chi connectivity index (χ3n) is 4.13. The summed E-state index contributed by atoms with van der Waals surface area (Å²) >= 11 is 2.83. The molecule has 0 bridgehead atoms. The number of nitrogens with one attached hydrogen (secondary N) is 1. The molecule has 4 rings (SSSR count). The number of rotatable bonds is 5. The second-order valence-corrected chi connectivity index (χ2v) is 7.79. The number of methoxy groups -OCH3 is 1. The Morgan fingerprint density at radius 2 is 2.07 bits per heavy atom. The normalized spacial score (nSPS) is 13.4. The Labute approximate surface area is 179 Å². The highest BCUT2D eigenvalue weighted by Crippen LogP contribution is 2.34. The number of imide groups is 1. The van der Waals surface area contributed by atoms with Crippen molar-refractivity contribution in [2.24, 2.45) is 0 Å². The van der Waals surface area contributed by atoms with Gasteiger partial charge in [0.15, 0.2) is 11.6 Å². The van der Waals surface area contributed by atoms with Crippen molar-refractivity contribution in [3.8, 4) is 10.7 Å². The Morgan fingerprint density at radius 3 is 2.69 bits per heavy atom. The van der Waals surface area contributed by atoms with E-state index in [2.05, 4.69) is 15.4 Å². The lowest BCUT2D eigenvalue weighted by Crippen LogP contribution is -2.36. The quantitative estimate of drug-likeness (QED) is 0.470. The monoisotopic (exact) mass is 450 g/mol. The minimum atomic E-state index is -0.475. The summed E-state index contributed by atoms with van der Waals surface area (Å²) in [5.74, 6) is -0.562. The molecule has 0 saturated carbocycles. The first-order valence-electron chi connectivity index (χ1n) is 8.20. The number of anilines is 1. The van der Waals surface area contributed by atoms with Gasteiger partial charge in [-0.05, 0) is 29.3 Å². The van der Waals surface area contributed by atoms with Gasteiger partial charge in [0.2, 0.25) is 0 Å². The van der Waals surface area contributed by atoms with E-state index in [0.29, 0.717) is 33.0 Å². The molecule has 3 aromatic rings. The molecule has 0 aromatic carbocycles. The average molecular weight is 451 g/mol. The fraction of sp³-hybridized carbons (Fsp3) is 0.167. The van der Waals surface area contributed by atoms with Crippen LogP contribution in [-0.4, -0.2) is 39.9 Å². The number of hydrazine groups is 1. The van der Waals surface area contributed by atoms with Gasteiger partial charge in [0.05, 0.1) is 23.8 Å². The van der Waals surface area contributed by atoms with Crippen molar-refractivity contribution in [3.05, 3.63) is 40.1 Å². The van der Waals surface area contributed by atoms with Crippen LogP contribution in [0.15, 0.2) is 34.5 Å². The van der Waals surface area contributed by atoms with Crippen LogP contribution in [0.5, 0.6) is 0 Å². The van der Waals surface area contributed by atoms with E-state index in [9.17, 15) is 14.4 Å². The fourth-order valence-electron chi connectivity index (χ4n) is 2.76. The Balaban J connectivity index is 0.00000240. The van der Waals surface area contributed by atoms with Crippen LogP contribution in [0.1, 0.15) is 12.5 Å². The molecule has 1 N–H and O–H groups in total. The van der Waals surface area contributed by atoms with Gasteiger partial charge in [0, 0.05) is 11.6 Å². The zero-order valence-electron chi connectivity index (χ0n) is 15.3. The van der Waals surface area contributed by atoms with Crippen molar-refractivity contribution in [2.75, 3.05) is 12.5 Å². The van der Waals surface area contributed by atoms with Gasteiger partial charge in [0.25, 0.3) is 11.8 Å². The van der Waals surface area contributed by atoms with Crippen molar-refractivity contribution in [1.82, 2.24) is 15.0 Å². The third-order valence-corrected chi connectivity index (χ3v) is 5.92. The molecule has 2 amide bonds. The van der Waals surface area contributed by atoms with E-state index in [1.54, 1.807) is 12.3 Å². The van der Waals surface area contributed by atoms with Crippen LogP contribution in [-0.2, 0) is 25.5 Å². The number of hydrogen-bond donors (Lipinski definition) is 1. The van der Waals surface area contributed by atoms with Crippen molar-refractivity contribution in [2.45, 2.75) is 13.3 Å². The van der Waals surface area contributed by atoms with Crippen molar-refractivity contribution in [3.63, 3.8) is 0 Å². The minimum Gasteiger partial charge on any atom is -0.469 e. The van der Waals surface area contributed by atoms with Crippen LogP contribution < -0.4 is 5.43 Å². The maximum absolute atomic E-state index is 12.3. The Bertz CT molecular complexity index is 1140. The summed E-state index contributed by atoms with van der Waals surface area (Å²) in [6.45, 7) is 1.57. The van der Waals surface area contributed by atoms with Crippen molar-refractivity contribution in [1.29, 1.82) is 0 Å². The molecule has 29 heavy (non-hydrogen) atoms. The molecule has 11 heteroatoms. The van der Waals surface area contributed by atoms with Crippen LogP contribution in [0.2, 0.25) is 0 Å². The first-order chi connectivity index (χ1) is 13.5. The molecule has 8 nitrogen and oxygen atoms in total. The molecular formula is C18H15ClN4O4S2. The topological polar surface area (TPSA) is 101 Å². The molecule has 4 heterocycles. The van der Waals surface area contributed by atoms with E-state index in [-0.39, 0.29) is 18.8 Å². The Morgan fingerprint density at radius 1 is 1.28 bits per heavy atom. The summed E-state index contributed by atoms with van der Waals surface area (Å²) in [4.78, 5) is 46.8. The predicted molar refractivity (Wildman–Crippen MR) is 113 cm³/mol. The number of halogens is 1.